The SMILES string of the molecule is CN(c1ccccc1)S(=O)(=O)c1ccc(OCc2ccccc2)cc1. The van der Waals surface area contributed by atoms with Gasteiger partial charge < -0.3 is 4.74 Å². The molecule has 0 aliphatic heterocycles. The first-order valence-corrected chi connectivity index (χ1v) is 9.32. The van der Waals surface area contributed by atoms with Crippen LogP contribution < -0.4 is 9.04 Å². The zero-order valence-electron chi connectivity index (χ0n) is 13.9. The van der Waals surface area contributed by atoms with Crippen LogP contribution in [0.15, 0.2) is 89.8 Å². The Morgan fingerprint density at radius 2 is 1.36 bits per heavy atom. The molecule has 4 nitrogen and oxygen atoms in total. The molecule has 0 fully saturated rings. The maximum atomic E-state index is 12.7. The molecule has 0 saturated heterocycles. The summed E-state index contributed by atoms with van der Waals surface area (Å²) in [7, 11) is -2.05. The van der Waals surface area contributed by atoms with Crippen molar-refractivity contribution in [3.8, 4) is 5.75 Å². The van der Waals surface area contributed by atoms with Gasteiger partial charge in [0.15, 0.2) is 0 Å². The number of hydrogen-bond acceptors (Lipinski definition) is 3. The first-order valence-electron chi connectivity index (χ1n) is 7.88. The molecule has 0 bridgehead atoms. The summed E-state index contributed by atoms with van der Waals surface area (Å²) >= 11 is 0. The molecule has 3 aromatic carbocycles. The fourth-order valence-corrected chi connectivity index (χ4v) is 3.58. The van der Waals surface area contributed by atoms with E-state index in [1.165, 1.54) is 4.31 Å². The zero-order valence-corrected chi connectivity index (χ0v) is 14.7. The van der Waals surface area contributed by atoms with Crippen LogP contribution in [0.25, 0.3) is 0 Å². The molecular weight excluding hydrogens is 334 g/mol. The van der Waals surface area contributed by atoms with Crippen LogP contribution in [0.2, 0.25) is 0 Å². The molecule has 0 atom stereocenters. The molecule has 5 heteroatoms. The average Bonchev–Trinajstić information content (AvgIpc) is 2.67. The minimum absolute atomic E-state index is 0.228. The normalized spacial score (nSPS) is 11.1. The number of hydrogen-bond donors (Lipinski definition) is 0. The first-order chi connectivity index (χ1) is 12.1. The van der Waals surface area contributed by atoms with Gasteiger partial charge in [-0.05, 0) is 42.0 Å². The third-order valence-electron chi connectivity index (χ3n) is 3.85. The molecule has 0 saturated carbocycles. The highest BCUT2D eigenvalue weighted by Crippen LogP contribution is 2.23. The van der Waals surface area contributed by atoms with Crippen LogP contribution in [0.4, 0.5) is 5.69 Å². The molecule has 0 aliphatic carbocycles. The van der Waals surface area contributed by atoms with E-state index in [0.717, 1.165) is 5.56 Å². The second-order valence-corrected chi connectivity index (χ2v) is 7.52. The van der Waals surface area contributed by atoms with Crippen LogP contribution in [0.3, 0.4) is 0 Å². The van der Waals surface area contributed by atoms with Gasteiger partial charge in [-0.25, -0.2) is 8.42 Å². The van der Waals surface area contributed by atoms with Gasteiger partial charge in [0.2, 0.25) is 0 Å². The van der Waals surface area contributed by atoms with Crippen LogP contribution >= 0.6 is 0 Å². The van der Waals surface area contributed by atoms with Crippen molar-refractivity contribution in [3.63, 3.8) is 0 Å². The topological polar surface area (TPSA) is 46.6 Å². The Balaban J connectivity index is 1.73. The van der Waals surface area contributed by atoms with Crippen molar-refractivity contribution in [2.45, 2.75) is 11.5 Å². The summed E-state index contributed by atoms with van der Waals surface area (Å²) < 4.78 is 32.4. The standard InChI is InChI=1S/C20H19NO3S/c1-21(18-10-6-3-7-11-18)25(22,23)20-14-12-19(13-15-20)24-16-17-8-4-2-5-9-17/h2-15H,16H2,1H3. The monoisotopic (exact) mass is 353 g/mol. The Bertz CT molecular complexity index is 908. The van der Waals surface area contributed by atoms with Gasteiger partial charge in [-0.2, -0.15) is 0 Å². The Hall–Kier alpha value is -2.79. The number of ether oxygens (including phenoxy) is 1. The van der Waals surface area contributed by atoms with E-state index >= 15 is 0 Å². The highest BCUT2D eigenvalue weighted by molar-refractivity contribution is 7.92. The lowest BCUT2D eigenvalue weighted by Crippen LogP contribution is -2.26. The zero-order chi connectivity index (χ0) is 17.7. The lowest BCUT2D eigenvalue weighted by molar-refractivity contribution is 0.306. The van der Waals surface area contributed by atoms with Crippen molar-refractivity contribution in [1.29, 1.82) is 0 Å². The van der Waals surface area contributed by atoms with Crippen LogP contribution in [0.5, 0.6) is 5.75 Å². The molecule has 0 aliphatic rings. The lowest BCUT2D eigenvalue weighted by atomic mass is 10.2. The number of sulfonamides is 1. The predicted molar refractivity (Wildman–Crippen MR) is 99.2 cm³/mol. The van der Waals surface area contributed by atoms with Gasteiger partial charge in [-0.15, -0.1) is 0 Å². The largest absolute Gasteiger partial charge is 0.489 e. The minimum Gasteiger partial charge on any atom is -0.489 e. The summed E-state index contributed by atoms with van der Waals surface area (Å²) in [4.78, 5) is 0.228. The van der Waals surface area contributed by atoms with E-state index in [1.54, 1.807) is 43.4 Å². The third-order valence-corrected chi connectivity index (χ3v) is 5.65. The molecule has 0 heterocycles. The van der Waals surface area contributed by atoms with Gasteiger partial charge in [0.05, 0.1) is 10.6 Å². The van der Waals surface area contributed by atoms with Crippen molar-refractivity contribution >= 4 is 15.7 Å². The van der Waals surface area contributed by atoms with Crippen LogP contribution in [0.1, 0.15) is 5.56 Å². The maximum Gasteiger partial charge on any atom is 0.264 e. The van der Waals surface area contributed by atoms with Crippen molar-refractivity contribution in [2.24, 2.45) is 0 Å². The number of benzene rings is 3. The highest BCUT2D eigenvalue weighted by atomic mass is 32.2. The summed E-state index contributed by atoms with van der Waals surface area (Å²) in [5.74, 6) is 0.630. The third kappa shape index (κ3) is 4.00. The number of anilines is 1. The Kier molecular flexibility index (Phi) is 5.05. The molecule has 3 aromatic rings. The second kappa shape index (κ2) is 7.40. The molecule has 0 N–H and O–H groups in total. The van der Waals surface area contributed by atoms with Crippen molar-refractivity contribution < 1.29 is 13.2 Å². The quantitative estimate of drug-likeness (QED) is 0.670. The van der Waals surface area contributed by atoms with Gasteiger partial charge >= 0.3 is 0 Å². The maximum absolute atomic E-state index is 12.7. The van der Waals surface area contributed by atoms with E-state index in [4.69, 9.17) is 4.74 Å². The molecule has 0 radical (unpaired) electrons. The van der Waals surface area contributed by atoms with Crippen molar-refractivity contribution in [2.75, 3.05) is 11.4 Å². The Morgan fingerprint density at radius 3 is 1.96 bits per heavy atom. The minimum atomic E-state index is -3.60. The second-order valence-electron chi connectivity index (χ2n) is 5.55. The summed E-state index contributed by atoms with van der Waals surface area (Å²) in [6.07, 6.45) is 0. The predicted octanol–water partition coefficient (Wildman–Crippen LogP) is 4.09. The van der Waals surface area contributed by atoms with Gasteiger partial charge in [0, 0.05) is 7.05 Å². The van der Waals surface area contributed by atoms with Crippen LogP contribution in [-0.2, 0) is 16.6 Å². The fraction of sp³-hybridized carbons (Fsp3) is 0.100. The number of nitrogens with zero attached hydrogens (tertiary/aromatic N) is 1. The summed E-state index contributed by atoms with van der Waals surface area (Å²) in [6, 6.07) is 25.3. The van der Waals surface area contributed by atoms with Crippen LogP contribution in [-0.4, -0.2) is 15.5 Å². The highest BCUT2D eigenvalue weighted by Gasteiger charge is 2.21. The Labute approximate surface area is 148 Å². The van der Waals surface area contributed by atoms with Gasteiger partial charge in [-0.3, -0.25) is 4.31 Å². The summed E-state index contributed by atoms with van der Waals surface area (Å²) in [5, 5.41) is 0. The van der Waals surface area contributed by atoms with E-state index in [2.05, 4.69) is 0 Å². The molecule has 128 valence electrons. The van der Waals surface area contributed by atoms with E-state index in [0.29, 0.717) is 18.0 Å². The fourth-order valence-electron chi connectivity index (χ4n) is 2.38. The van der Waals surface area contributed by atoms with Crippen LogP contribution in [0, 0.1) is 0 Å². The first kappa shape index (κ1) is 17.0. The molecule has 0 amide bonds. The number of para-hydroxylation sites is 1. The molecule has 3 rings (SSSR count). The van der Waals surface area contributed by atoms with E-state index in [9.17, 15) is 8.42 Å². The molecule has 0 aromatic heterocycles. The molecule has 25 heavy (non-hydrogen) atoms. The summed E-state index contributed by atoms with van der Waals surface area (Å²) in [6.45, 7) is 0.441. The molecule has 0 spiro atoms. The van der Waals surface area contributed by atoms with Crippen molar-refractivity contribution in [1.82, 2.24) is 0 Å². The van der Waals surface area contributed by atoms with Gasteiger partial charge in [-0.1, -0.05) is 48.5 Å². The summed E-state index contributed by atoms with van der Waals surface area (Å²) in [5.41, 5.74) is 1.68. The van der Waals surface area contributed by atoms with E-state index in [-0.39, 0.29) is 4.90 Å². The Morgan fingerprint density at radius 1 is 0.800 bits per heavy atom. The van der Waals surface area contributed by atoms with Gasteiger partial charge in [0.1, 0.15) is 12.4 Å². The van der Waals surface area contributed by atoms with Crippen molar-refractivity contribution in [3.05, 3.63) is 90.5 Å². The van der Waals surface area contributed by atoms with E-state index in [1.807, 2.05) is 48.5 Å². The van der Waals surface area contributed by atoms with Gasteiger partial charge in [0.25, 0.3) is 10.0 Å². The molecular formula is C20H19NO3S. The average molecular weight is 353 g/mol. The van der Waals surface area contributed by atoms with E-state index < -0.39 is 10.0 Å². The molecule has 0 unspecified atom stereocenters. The lowest BCUT2D eigenvalue weighted by Gasteiger charge is -2.19. The number of rotatable bonds is 6. The smallest absolute Gasteiger partial charge is 0.264 e.